The second-order valence-electron chi connectivity index (χ2n) is 10.4. The maximum atomic E-state index is 13.1. The fourth-order valence-corrected chi connectivity index (χ4v) is 4.70. The van der Waals surface area contributed by atoms with Crippen LogP contribution in [0, 0.1) is 11.8 Å². The molecule has 0 aliphatic carbocycles. The molecule has 0 saturated carbocycles. The normalized spacial score (nSPS) is 21.6. The zero-order chi connectivity index (χ0) is 26.1. The molecule has 2 heterocycles. The Bertz CT molecular complexity index is 902. The summed E-state index contributed by atoms with van der Waals surface area (Å²) in [6.45, 7) is 10.2. The molecule has 2 N–H and O–H groups in total. The van der Waals surface area contributed by atoms with Gasteiger partial charge in [-0.1, -0.05) is 32.4 Å². The third kappa shape index (κ3) is 8.66. The van der Waals surface area contributed by atoms with Crippen LogP contribution in [0.1, 0.15) is 63.2 Å². The van der Waals surface area contributed by atoms with E-state index in [1.807, 2.05) is 13.8 Å². The molecule has 1 aromatic carbocycles. The van der Waals surface area contributed by atoms with Crippen molar-refractivity contribution in [2.75, 3.05) is 45.9 Å². The number of amides is 3. The van der Waals surface area contributed by atoms with Gasteiger partial charge in [0.1, 0.15) is 12.4 Å². The Labute approximate surface area is 220 Å². The van der Waals surface area contributed by atoms with E-state index in [9.17, 15) is 14.4 Å². The molecule has 36 heavy (non-hydrogen) atoms. The summed E-state index contributed by atoms with van der Waals surface area (Å²) in [4.78, 5) is 42.9. The molecular formula is C27H41ClN4O4. The lowest BCUT2D eigenvalue weighted by atomic mass is 9.99. The van der Waals surface area contributed by atoms with E-state index in [0.29, 0.717) is 48.7 Å². The first-order chi connectivity index (χ1) is 17.2. The number of carbonyl (C=O) groups excluding carboxylic acids is 3. The summed E-state index contributed by atoms with van der Waals surface area (Å²) in [5, 5.41) is 6.41. The van der Waals surface area contributed by atoms with Gasteiger partial charge in [0.25, 0.3) is 5.91 Å². The van der Waals surface area contributed by atoms with Crippen LogP contribution in [-0.4, -0.2) is 79.4 Å². The van der Waals surface area contributed by atoms with E-state index in [4.69, 9.17) is 16.3 Å². The summed E-state index contributed by atoms with van der Waals surface area (Å²) in [6.07, 6.45) is 4.12. The van der Waals surface area contributed by atoms with Crippen molar-refractivity contribution < 1.29 is 19.1 Å². The lowest BCUT2D eigenvalue weighted by Gasteiger charge is -2.31. The SMILES string of the molecule is CC1CCN(CCC(=O)N2CCCCNC(=O)c3cc(Cl)ccc3OC[C@H](C(C)C)NC(=O)C2)CC1. The van der Waals surface area contributed by atoms with Gasteiger partial charge < -0.3 is 25.2 Å². The Morgan fingerprint density at radius 3 is 2.64 bits per heavy atom. The maximum absolute atomic E-state index is 13.1. The van der Waals surface area contributed by atoms with E-state index >= 15 is 0 Å². The molecule has 200 valence electrons. The number of piperidine rings is 1. The fraction of sp³-hybridized carbons (Fsp3) is 0.667. The lowest BCUT2D eigenvalue weighted by molar-refractivity contribution is -0.136. The Kier molecular flexibility index (Phi) is 10.9. The Hall–Kier alpha value is -2.32. The highest BCUT2D eigenvalue weighted by molar-refractivity contribution is 6.31. The molecule has 0 spiro atoms. The molecule has 1 fully saturated rings. The van der Waals surface area contributed by atoms with Crippen molar-refractivity contribution in [3.05, 3.63) is 28.8 Å². The minimum Gasteiger partial charge on any atom is -0.491 e. The van der Waals surface area contributed by atoms with Crippen molar-refractivity contribution in [1.29, 1.82) is 0 Å². The second kappa shape index (κ2) is 13.8. The number of ether oxygens (including phenoxy) is 1. The third-order valence-corrected chi connectivity index (χ3v) is 7.34. The van der Waals surface area contributed by atoms with Crippen LogP contribution in [0.2, 0.25) is 5.02 Å². The monoisotopic (exact) mass is 520 g/mol. The summed E-state index contributed by atoms with van der Waals surface area (Å²) >= 11 is 6.13. The van der Waals surface area contributed by atoms with Gasteiger partial charge in [-0.15, -0.1) is 0 Å². The summed E-state index contributed by atoms with van der Waals surface area (Å²) in [5.41, 5.74) is 0.370. The molecule has 0 aromatic heterocycles. The number of hydrogen-bond acceptors (Lipinski definition) is 5. The van der Waals surface area contributed by atoms with Crippen molar-refractivity contribution >= 4 is 29.3 Å². The molecule has 1 saturated heterocycles. The molecule has 0 unspecified atom stereocenters. The van der Waals surface area contributed by atoms with Gasteiger partial charge in [-0.05, 0) is 68.8 Å². The molecule has 3 amide bonds. The van der Waals surface area contributed by atoms with Gasteiger partial charge >= 0.3 is 0 Å². The largest absolute Gasteiger partial charge is 0.491 e. The molecule has 2 aliphatic rings. The minimum absolute atomic E-state index is 0.00322. The quantitative estimate of drug-likeness (QED) is 0.635. The summed E-state index contributed by atoms with van der Waals surface area (Å²) in [7, 11) is 0. The van der Waals surface area contributed by atoms with Crippen LogP contribution in [0.3, 0.4) is 0 Å². The predicted octanol–water partition coefficient (Wildman–Crippen LogP) is 3.33. The van der Waals surface area contributed by atoms with Crippen molar-refractivity contribution in [2.45, 2.75) is 58.9 Å². The number of fused-ring (bicyclic) bond motifs is 1. The van der Waals surface area contributed by atoms with Crippen molar-refractivity contribution in [1.82, 2.24) is 20.4 Å². The molecule has 9 heteroatoms. The van der Waals surface area contributed by atoms with Gasteiger partial charge in [0.05, 0.1) is 18.2 Å². The van der Waals surface area contributed by atoms with Crippen LogP contribution in [0.25, 0.3) is 0 Å². The van der Waals surface area contributed by atoms with Crippen LogP contribution in [0.5, 0.6) is 5.75 Å². The van der Waals surface area contributed by atoms with Crippen LogP contribution in [-0.2, 0) is 9.59 Å². The van der Waals surface area contributed by atoms with Crippen LogP contribution >= 0.6 is 11.6 Å². The van der Waals surface area contributed by atoms with Gasteiger partial charge in [0, 0.05) is 31.1 Å². The number of likely N-dealkylation sites (tertiary alicyclic amines) is 1. The van der Waals surface area contributed by atoms with Crippen LogP contribution < -0.4 is 15.4 Å². The lowest BCUT2D eigenvalue weighted by Crippen LogP contribution is -2.48. The van der Waals surface area contributed by atoms with Crippen molar-refractivity contribution in [3.63, 3.8) is 0 Å². The van der Waals surface area contributed by atoms with E-state index in [1.165, 1.54) is 12.8 Å². The summed E-state index contributed by atoms with van der Waals surface area (Å²) < 4.78 is 5.98. The molecule has 0 bridgehead atoms. The predicted molar refractivity (Wildman–Crippen MR) is 141 cm³/mol. The summed E-state index contributed by atoms with van der Waals surface area (Å²) in [6, 6.07) is 4.68. The van der Waals surface area contributed by atoms with E-state index in [1.54, 1.807) is 23.1 Å². The number of hydrogen-bond donors (Lipinski definition) is 2. The first-order valence-electron chi connectivity index (χ1n) is 13.2. The topological polar surface area (TPSA) is 91.0 Å². The molecule has 3 rings (SSSR count). The van der Waals surface area contributed by atoms with Crippen LogP contribution in [0.15, 0.2) is 18.2 Å². The average molecular weight is 521 g/mol. The Morgan fingerprint density at radius 1 is 1.17 bits per heavy atom. The number of rotatable bonds is 4. The van der Waals surface area contributed by atoms with E-state index in [2.05, 4.69) is 22.5 Å². The highest BCUT2D eigenvalue weighted by Crippen LogP contribution is 2.24. The highest BCUT2D eigenvalue weighted by atomic mass is 35.5. The van der Waals surface area contributed by atoms with Gasteiger partial charge in [-0.3, -0.25) is 14.4 Å². The Balaban J connectivity index is 1.67. The number of halogens is 1. The average Bonchev–Trinajstić information content (AvgIpc) is 2.85. The summed E-state index contributed by atoms with van der Waals surface area (Å²) in [5.74, 6) is 0.817. The van der Waals surface area contributed by atoms with E-state index < -0.39 is 0 Å². The number of nitrogens with one attached hydrogen (secondary N) is 2. The molecule has 0 radical (unpaired) electrons. The standard InChI is InChI=1S/C27H41ClN4O4/c1-19(2)23-18-36-24-7-6-21(28)16-22(24)27(35)29-11-4-5-12-32(17-25(33)30-23)26(34)10-15-31-13-8-20(3)9-14-31/h6-7,16,19-20,23H,4-5,8-15,17-18H2,1-3H3,(H,29,35)(H,30,33)/t23-/m1/s1. The highest BCUT2D eigenvalue weighted by Gasteiger charge is 2.24. The maximum Gasteiger partial charge on any atom is 0.255 e. The van der Waals surface area contributed by atoms with E-state index in [-0.39, 0.29) is 42.8 Å². The Morgan fingerprint density at radius 2 is 1.92 bits per heavy atom. The molecule has 8 nitrogen and oxygen atoms in total. The van der Waals surface area contributed by atoms with Gasteiger partial charge in [0.2, 0.25) is 11.8 Å². The molecule has 1 aromatic rings. The number of carbonyl (C=O) groups is 3. The van der Waals surface area contributed by atoms with Gasteiger partial charge in [0.15, 0.2) is 0 Å². The fourth-order valence-electron chi connectivity index (χ4n) is 4.53. The molecule has 1 atom stereocenters. The van der Waals surface area contributed by atoms with Gasteiger partial charge in [-0.2, -0.15) is 0 Å². The number of benzene rings is 1. The van der Waals surface area contributed by atoms with Crippen molar-refractivity contribution in [3.8, 4) is 5.75 Å². The first kappa shape index (κ1) is 28.3. The minimum atomic E-state index is -0.276. The second-order valence-corrected chi connectivity index (χ2v) is 10.9. The van der Waals surface area contributed by atoms with Crippen LogP contribution in [0.4, 0.5) is 0 Å². The number of nitrogens with zero attached hydrogens (tertiary/aromatic N) is 2. The smallest absolute Gasteiger partial charge is 0.255 e. The molecule has 2 aliphatic heterocycles. The zero-order valence-corrected chi connectivity index (χ0v) is 22.6. The molecular weight excluding hydrogens is 480 g/mol. The first-order valence-corrected chi connectivity index (χ1v) is 13.6. The van der Waals surface area contributed by atoms with E-state index in [0.717, 1.165) is 25.6 Å². The van der Waals surface area contributed by atoms with Gasteiger partial charge in [-0.25, -0.2) is 0 Å². The third-order valence-electron chi connectivity index (χ3n) is 7.10. The zero-order valence-electron chi connectivity index (χ0n) is 21.9. The van der Waals surface area contributed by atoms with Crippen molar-refractivity contribution in [2.24, 2.45) is 11.8 Å².